The molecule has 0 amide bonds. The Labute approximate surface area is 226 Å². The maximum absolute atomic E-state index is 13.9. The second-order valence-corrected chi connectivity index (χ2v) is 8.50. The van der Waals surface area contributed by atoms with Crippen LogP contribution in [0.1, 0.15) is 47.6 Å². The fourth-order valence-electron chi connectivity index (χ4n) is 4.10. The molecule has 0 saturated carbocycles. The van der Waals surface area contributed by atoms with Crippen molar-refractivity contribution in [2.45, 2.75) is 19.4 Å². The summed E-state index contributed by atoms with van der Waals surface area (Å²) in [7, 11) is 0. The lowest BCUT2D eigenvalue weighted by Crippen LogP contribution is -2.28. The summed E-state index contributed by atoms with van der Waals surface area (Å²) in [4.78, 5) is 34.8. The molecule has 1 atom stereocenters. The van der Waals surface area contributed by atoms with E-state index in [4.69, 9.17) is 5.73 Å². The number of benzene rings is 2. The molecule has 12 heteroatoms. The molecule has 196 valence electrons. The first-order valence-corrected chi connectivity index (χ1v) is 11.9. The lowest BCUT2D eigenvalue weighted by atomic mass is 10.1. The van der Waals surface area contributed by atoms with E-state index in [9.17, 15) is 18.8 Å². The SMILES string of the molecule is C[C@H](Nc1ncnc(N)c1C#Cc1cnccn1)c1nc2cccc(C(F)F)c2c(=O)n1-c1cccc(C#N)c1. The van der Waals surface area contributed by atoms with Crippen molar-refractivity contribution in [3.8, 4) is 23.6 Å². The van der Waals surface area contributed by atoms with Crippen LogP contribution in [0.5, 0.6) is 0 Å². The highest BCUT2D eigenvalue weighted by Gasteiger charge is 2.23. The van der Waals surface area contributed by atoms with Crippen molar-refractivity contribution in [3.05, 3.63) is 106 Å². The van der Waals surface area contributed by atoms with Gasteiger partial charge in [-0.25, -0.2) is 28.7 Å². The molecule has 0 radical (unpaired) electrons. The van der Waals surface area contributed by atoms with Crippen molar-refractivity contribution in [3.63, 3.8) is 0 Å². The van der Waals surface area contributed by atoms with Gasteiger partial charge in [0.25, 0.3) is 12.0 Å². The van der Waals surface area contributed by atoms with Crippen LogP contribution in [0, 0.1) is 23.2 Å². The van der Waals surface area contributed by atoms with E-state index >= 15 is 0 Å². The van der Waals surface area contributed by atoms with Crippen LogP contribution in [0.4, 0.5) is 20.4 Å². The number of alkyl halides is 2. The Kier molecular flexibility index (Phi) is 7.07. The van der Waals surface area contributed by atoms with Crippen molar-refractivity contribution < 1.29 is 8.78 Å². The number of nitrogens with zero attached hydrogens (tertiary/aromatic N) is 7. The third-order valence-electron chi connectivity index (χ3n) is 5.92. The van der Waals surface area contributed by atoms with Crippen LogP contribution < -0.4 is 16.6 Å². The van der Waals surface area contributed by atoms with Gasteiger partial charge in [0.05, 0.1) is 40.5 Å². The molecule has 0 unspecified atom stereocenters. The first-order valence-electron chi connectivity index (χ1n) is 11.9. The number of nitrogens with one attached hydrogen (secondary N) is 1. The van der Waals surface area contributed by atoms with E-state index in [2.05, 4.69) is 42.1 Å². The molecule has 3 N–H and O–H groups in total. The van der Waals surface area contributed by atoms with Crippen LogP contribution in [0.15, 0.2) is 72.2 Å². The van der Waals surface area contributed by atoms with Gasteiger partial charge in [-0.15, -0.1) is 0 Å². The van der Waals surface area contributed by atoms with Crippen LogP contribution in [-0.4, -0.2) is 29.5 Å². The van der Waals surface area contributed by atoms with Gasteiger partial charge >= 0.3 is 0 Å². The highest BCUT2D eigenvalue weighted by atomic mass is 19.3. The second kappa shape index (κ2) is 10.9. The van der Waals surface area contributed by atoms with Gasteiger partial charge in [-0.05, 0) is 37.1 Å². The zero-order valence-corrected chi connectivity index (χ0v) is 20.9. The van der Waals surface area contributed by atoms with Crippen LogP contribution in [0.2, 0.25) is 0 Å². The molecular formula is C28H19F2N9O. The molecule has 3 aromatic heterocycles. The molecular weight excluding hydrogens is 516 g/mol. The molecule has 2 aromatic carbocycles. The predicted octanol–water partition coefficient (Wildman–Crippen LogP) is 3.93. The van der Waals surface area contributed by atoms with Crippen molar-refractivity contribution in [1.29, 1.82) is 5.26 Å². The van der Waals surface area contributed by atoms with Crippen molar-refractivity contribution in [2.75, 3.05) is 11.1 Å². The Balaban J connectivity index is 1.67. The fourth-order valence-corrected chi connectivity index (χ4v) is 4.10. The van der Waals surface area contributed by atoms with Gasteiger partial charge in [0.1, 0.15) is 35.0 Å². The zero-order chi connectivity index (χ0) is 28.2. The fraction of sp³-hybridized carbons (Fsp3) is 0.107. The smallest absolute Gasteiger partial charge is 0.266 e. The lowest BCUT2D eigenvalue weighted by Gasteiger charge is -2.21. The normalized spacial score (nSPS) is 11.5. The van der Waals surface area contributed by atoms with Gasteiger partial charge in [-0.2, -0.15) is 5.26 Å². The topological polar surface area (TPSA) is 148 Å². The standard InChI is InChI=1S/C28H19F2N9O/c1-16(37-26-21(25(32)35-15-36-26)9-8-18-14-33-10-11-34-18)27-38-22-7-3-6-20(24(29)30)23(22)28(40)39(27)19-5-2-4-17(12-19)13-31/h2-7,10-12,14-16,24H,1H3,(H3,32,35,36,37)/t16-/m0/s1. The number of halogens is 2. The molecule has 0 spiro atoms. The summed E-state index contributed by atoms with van der Waals surface area (Å²) in [5.74, 6) is 6.31. The maximum Gasteiger partial charge on any atom is 0.266 e. The lowest BCUT2D eigenvalue weighted by molar-refractivity contribution is 0.153. The van der Waals surface area contributed by atoms with E-state index in [1.807, 2.05) is 6.07 Å². The van der Waals surface area contributed by atoms with E-state index in [1.54, 1.807) is 25.1 Å². The average molecular weight is 536 g/mol. The number of nitriles is 1. The highest BCUT2D eigenvalue weighted by molar-refractivity contribution is 5.82. The maximum atomic E-state index is 13.9. The van der Waals surface area contributed by atoms with Crippen LogP contribution >= 0.6 is 0 Å². The first-order chi connectivity index (χ1) is 19.4. The number of aromatic nitrogens is 6. The Morgan fingerprint density at radius 3 is 2.65 bits per heavy atom. The molecule has 0 saturated heterocycles. The molecule has 0 aliphatic heterocycles. The van der Waals surface area contributed by atoms with E-state index in [0.29, 0.717) is 5.69 Å². The third kappa shape index (κ3) is 5.01. The molecule has 0 bridgehead atoms. The summed E-state index contributed by atoms with van der Waals surface area (Å²) in [5.41, 5.74) is 6.31. The average Bonchev–Trinajstić information content (AvgIpc) is 2.97. The van der Waals surface area contributed by atoms with Gasteiger partial charge in [0, 0.05) is 18.0 Å². The Hall–Kier alpha value is -5.75. The van der Waals surface area contributed by atoms with Crippen LogP contribution in [0.25, 0.3) is 16.6 Å². The number of hydrogen-bond acceptors (Lipinski definition) is 9. The van der Waals surface area contributed by atoms with Gasteiger partial charge < -0.3 is 11.1 Å². The minimum atomic E-state index is -2.89. The molecule has 10 nitrogen and oxygen atoms in total. The van der Waals surface area contributed by atoms with Crippen molar-refractivity contribution >= 4 is 22.5 Å². The Bertz CT molecular complexity index is 1890. The predicted molar refractivity (Wildman–Crippen MR) is 144 cm³/mol. The summed E-state index contributed by atoms with van der Waals surface area (Å²) in [6.07, 6.45) is 2.87. The zero-order valence-electron chi connectivity index (χ0n) is 20.9. The van der Waals surface area contributed by atoms with Crippen molar-refractivity contribution in [2.24, 2.45) is 0 Å². The summed E-state index contributed by atoms with van der Waals surface area (Å²) in [5, 5.41) is 12.4. The van der Waals surface area contributed by atoms with Gasteiger partial charge in [-0.1, -0.05) is 24.1 Å². The molecule has 0 aliphatic carbocycles. The largest absolute Gasteiger partial charge is 0.382 e. The molecule has 0 fully saturated rings. The second-order valence-electron chi connectivity index (χ2n) is 8.50. The summed E-state index contributed by atoms with van der Waals surface area (Å²) >= 11 is 0. The molecule has 0 aliphatic rings. The van der Waals surface area contributed by atoms with E-state index in [0.717, 1.165) is 0 Å². The minimum Gasteiger partial charge on any atom is -0.382 e. The third-order valence-corrected chi connectivity index (χ3v) is 5.92. The summed E-state index contributed by atoms with van der Waals surface area (Å²) < 4.78 is 29.0. The molecule has 40 heavy (non-hydrogen) atoms. The summed E-state index contributed by atoms with van der Waals surface area (Å²) in [6.45, 7) is 1.72. The Morgan fingerprint density at radius 1 is 1.07 bits per heavy atom. The van der Waals surface area contributed by atoms with Gasteiger partial charge in [0.15, 0.2) is 0 Å². The highest BCUT2D eigenvalue weighted by Crippen LogP contribution is 2.28. The van der Waals surface area contributed by atoms with Gasteiger partial charge in [-0.3, -0.25) is 14.3 Å². The van der Waals surface area contributed by atoms with Gasteiger partial charge in [0.2, 0.25) is 0 Å². The first kappa shape index (κ1) is 25.9. The molecule has 3 heterocycles. The number of nitrogen functional groups attached to an aromatic ring is 1. The van der Waals surface area contributed by atoms with Crippen LogP contribution in [0.3, 0.4) is 0 Å². The number of anilines is 2. The van der Waals surface area contributed by atoms with E-state index in [1.165, 1.54) is 53.8 Å². The Morgan fingerprint density at radius 2 is 1.90 bits per heavy atom. The molecule has 5 rings (SSSR count). The van der Waals surface area contributed by atoms with E-state index < -0.39 is 23.6 Å². The summed E-state index contributed by atoms with van der Waals surface area (Å²) in [6, 6.07) is 11.7. The quantitative estimate of drug-likeness (QED) is 0.319. The minimum absolute atomic E-state index is 0.101. The van der Waals surface area contributed by atoms with E-state index in [-0.39, 0.29) is 45.2 Å². The molecule has 5 aromatic rings. The number of nitrogens with two attached hydrogens (primary N) is 1. The van der Waals surface area contributed by atoms with Crippen LogP contribution in [-0.2, 0) is 0 Å². The monoisotopic (exact) mass is 535 g/mol. The number of fused-ring (bicyclic) bond motifs is 1. The van der Waals surface area contributed by atoms with Crippen molar-refractivity contribution in [1.82, 2.24) is 29.5 Å². The number of hydrogen-bond donors (Lipinski definition) is 2. The number of rotatable bonds is 5.